The number of rotatable bonds is 3. The SMILES string of the molecule is Nc1ncnc2c1ncn2Cc1ccc(Cl)c2cc(CO)[nH]c12. The first kappa shape index (κ1) is 14.0. The number of aromatic nitrogens is 5. The monoisotopic (exact) mass is 328 g/mol. The summed E-state index contributed by atoms with van der Waals surface area (Å²) in [5, 5.41) is 10.9. The van der Waals surface area contributed by atoms with Gasteiger partial charge in [-0.05, 0) is 17.7 Å². The third-order valence-corrected chi connectivity index (χ3v) is 4.15. The van der Waals surface area contributed by atoms with Crippen LogP contribution in [-0.2, 0) is 13.2 Å². The van der Waals surface area contributed by atoms with Crippen molar-refractivity contribution in [2.24, 2.45) is 0 Å². The summed E-state index contributed by atoms with van der Waals surface area (Å²) in [7, 11) is 0. The highest BCUT2D eigenvalue weighted by Crippen LogP contribution is 2.28. The minimum atomic E-state index is -0.0672. The zero-order chi connectivity index (χ0) is 16.0. The first-order valence-corrected chi connectivity index (χ1v) is 7.36. The van der Waals surface area contributed by atoms with Gasteiger partial charge >= 0.3 is 0 Å². The average Bonchev–Trinajstić information content (AvgIpc) is 3.16. The molecule has 0 spiro atoms. The second-order valence-electron chi connectivity index (χ2n) is 5.25. The van der Waals surface area contributed by atoms with E-state index in [0.717, 1.165) is 22.2 Å². The fourth-order valence-electron chi connectivity index (χ4n) is 2.71. The number of nitrogens with zero attached hydrogens (tertiary/aromatic N) is 4. The lowest BCUT2D eigenvalue weighted by molar-refractivity contribution is 0.278. The third kappa shape index (κ3) is 2.21. The predicted molar refractivity (Wildman–Crippen MR) is 88.1 cm³/mol. The molecule has 0 atom stereocenters. The van der Waals surface area contributed by atoms with Crippen LogP contribution in [0.4, 0.5) is 5.82 Å². The summed E-state index contributed by atoms with van der Waals surface area (Å²) in [4.78, 5) is 15.7. The standard InChI is InChI=1S/C15H13ClN6O/c16-11-2-1-8(12-10(11)3-9(5-23)21-12)4-22-7-20-13-14(17)18-6-19-15(13)22/h1-3,6-7,21,23H,4-5H2,(H2,17,18,19). The molecule has 8 heteroatoms. The van der Waals surface area contributed by atoms with Crippen molar-refractivity contribution >= 4 is 39.5 Å². The molecule has 23 heavy (non-hydrogen) atoms. The lowest BCUT2D eigenvalue weighted by Gasteiger charge is -2.07. The number of halogens is 1. The third-order valence-electron chi connectivity index (χ3n) is 3.82. The van der Waals surface area contributed by atoms with Crippen molar-refractivity contribution in [3.63, 3.8) is 0 Å². The Bertz CT molecular complexity index is 1020. The molecule has 0 aliphatic rings. The summed E-state index contributed by atoms with van der Waals surface area (Å²) >= 11 is 6.24. The highest BCUT2D eigenvalue weighted by atomic mass is 35.5. The first-order valence-electron chi connectivity index (χ1n) is 6.98. The van der Waals surface area contributed by atoms with E-state index in [2.05, 4.69) is 19.9 Å². The predicted octanol–water partition coefficient (Wildman–Crippen LogP) is 2.08. The van der Waals surface area contributed by atoms with Crippen molar-refractivity contribution in [1.29, 1.82) is 0 Å². The van der Waals surface area contributed by atoms with Gasteiger partial charge in [0, 0.05) is 16.1 Å². The Hall–Kier alpha value is -2.64. The molecule has 0 amide bonds. The molecule has 0 radical (unpaired) electrons. The van der Waals surface area contributed by atoms with E-state index in [1.165, 1.54) is 6.33 Å². The largest absolute Gasteiger partial charge is 0.390 e. The zero-order valence-corrected chi connectivity index (χ0v) is 12.7. The minimum Gasteiger partial charge on any atom is -0.390 e. The molecule has 4 N–H and O–H groups in total. The van der Waals surface area contributed by atoms with E-state index < -0.39 is 0 Å². The maximum atomic E-state index is 9.33. The Morgan fingerprint density at radius 2 is 2.13 bits per heavy atom. The van der Waals surface area contributed by atoms with Crippen LogP contribution in [-0.4, -0.2) is 29.6 Å². The molecular weight excluding hydrogens is 316 g/mol. The van der Waals surface area contributed by atoms with Gasteiger partial charge in [0.15, 0.2) is 11.5 Å². The first-order chi connectivity index (χ1) is 11.2. The van der Waals surface area contributed by atoms with Crippen molar-refractivity contribution in [3.8, 4) is 0 Å². The number of hydrogen-bond acceptors (Lipinski definition) is 5. The van der Waals surface area contributed by atoms with Crippen LogP contribution >= 0.6 is 11.6 Å². The number of aromatic amines is 1. The van der Waals surface area contributed by atoms with Gasteiger partial charge in [0.1, 0.15) is 11.8 Å². The number of imidazole rings is 1. The molecule has 0 aliphatic carbocycles. The summed E-state index contributed by atoms with van der Waals surface area (Å²) in [6, 6.07) is 5.64. The number of anilines is 1. The van der Waals surface area contributed by atoms with Gasteiger partial charge in [0.25, 0.3) is 0 Å². The van der Waals surface area contributed by atoms with Crippen molar-refractivity contribution in [3.05, 3.63) is 47.1 Å². The Kier molecular flexibility index (Phi) is 3.17. The van der Waals surface area contributed by atoms with Gasteiger partial charge in [-0.1, -0.05) is 17.7 Å². The summed E-state index contributed by atoms with van der Waals surface area (Å²) < 4.78 is 1.90. The number of nitrogens with two attached hydrogens (primary N) is 1. The van der Waals surface area contributed by atoms with Crippen LogP contribution in [0.2, 0.25) is 5.02 Å². The Labute approximate surface area is 135 Å². The maximum Gasteiger partial charge on any atom is 0.165 e. The Morgan fingerprint density at radius 1 is 1.26 bits per heavy atom. The number of fused-ring (bicyclic) bond motifs is 2. The number of H-pyrrole nitrogens is 1. The van der Waals surface area contributed by atoms with Gasteiger partial charge in [0.2, 0.25) is 0 Å². The molecule has 0 aliphatic heterocycles. The Balaban J connectivity index is 1.84. The molecule has 0 saturated heterocycles. The van der Waals surface area contributed by atoms with E-state index in [-0.39, 0.29) is 6.61 Å². The fraction of sp³-hybridized carbons (Fsp3) is 0.133. The van der Waals surface area contributed by atoms with Gasteiger partial charge in [-0.25, -0.2) is 15.0 Å². The van der Waals surface area contributed by atoms with E-state index >= 15 is 0 Å². The average molecular weight is 329 g/mol. The number of aliphatic hydroxyl groups is 1. The van der Waals surface area contributed by atoms with Crippen molar-refractivity contribution < 1.29 is 5.11 Å². The van der Waals surface area contributed by atoms with E-state index in [1.807, 2.05) is 22.8 Å². The van der Waals surface area contributed by atoms with Crippen molar-refractivity contribution in [2.75, 3.05) is 5.73 Å². The topological polar surface area (TPSA) is 106 Å². The molecule has 4 aromatic rings. The van der Waals surface area contributed by atoms with Crippen LogP contribution in [0.25, 0.3) is 22.1 Å². The molecule has 7 nitrogen and oxygen atoms in total. The second kappa shape index (κ2) is 5.22. The lowest BCUT2D eigenvalue weighted by atomic mass is 10.1. The summed E-state index contributed by atoms with van der Waals surface area (Å²) in [5.74, 6) is 0.359. The highest BCUT2D eigenvalue weighted by molar-refractivity contribution is 6.35. The minimum absolute atomic E-state index is 0.0672. The Morgan fingerprint density at radius 3 is 2.96 bits per heavy atom. The van der Waals surface area contributed by atoms with E-state index in [9.17, 15) is 5.11 Å². The van der Waals surface area contributed by atoms with Crippen LogP contribution in [0.1, 0.15) is 11.3 Å². The highest BCUT2D eigenvalue weighted by Gasteiger charge is 2.12. The normalized spacial score (nSPS) is 11.6. The molecule has 0 saturated carbocycles. The molecule has 3 aromatic heterocycles. The summed E-state index contributed by atoms with van der Waals surface area (Å²) in [6.45, 7) is 0.480. The van der Waals surface area contributed by atoms with Gasteiger partial charge in [-0.3, -0.25) is 0 Å². The number of hydrogen-bond donors (Lipinski definition) is 3. The van der Waals surface area contributed by atoms with E-state index in [0.29, 0.717) is 28.5 Å². The molecule has 0 bridgehead atoms. The van der Waals surface area contributed by atoms with E-state index in [1.54, 1.807) is 6.33 Å². The van der Waals surface area contributed by atoms with Gasteiger partial charge < -0.3 is 20.4 Å². The zero-order valence-electron chi connectivity index (χ0n) is 12.0. The van der Waals surface area contributed by atoms with Crippen molar-refractivity contribution in [1.82, 2.24) is 24.5 Å². The fourth-order valence-corrected chi connectivity index (χ4v) is 2.93. The molecule has 116 valence electrons. The second-order valence-corrected chi connectivity index (χ2v) is 5.66. The van der Waals surface area contributed by atoms with Gasteiger partial charge in [-0.15, -0.1) is 0 Å². The lowest BCUT2D eigenvalue weighted by Crippen LogP contribution is -2.01. The van der Waals surface area contributed by atoms with Crippen LogP contribution in [0.15, 0.2) is 30.9 Å². The smallest absolute Gasteiger partial charge is 0.165 e. The van der Waals surface area contributed by atoms with Crippen LogP contribution in [0.3, 0.4) is 0 Å². The van der Waals surface area contributed by atoms with Crippen LogP contribution in [0.5, 0.6) is 0 Å². The maximum absolute atomic E-state index is 9.33. The number of nitrogens with one attached hydrogen (secondary N) is 1. The quantitative estimate of drug-likeness (QED) is 0.534. The molecule has 3 heterocycles. The number of nitrogen functional groups attached to an aromatic ring is 1. The molecular formula is C15H13ClN6O. The summed E-state index contributed by atoms with van der Waals surface area (Å²) in [5.41, 5.74) is 9.70. The summed E-state index contributed by atoms with van der Waals surface area (Å²) in [6.07, 6.45) is 3.11. The molecule has 4 rings (SSSR count). The van der Waals surface area contributed by atoms with Gasteiger partial charge in [0.05, 0.1) is 25.0 Å². The molecule has 0 fully saturated rings. The van der Waals surface area contributed by atoms with E-state index in [4.69, 9.17) is 17.3 Å². The molecule has 1 aromatic carbocycles. The molecule has 0 unspecified atom stereocenters. The number of aliphatic hydroxyl groups excluding tert-OH is 1. The van der Waals surface area contributed by atoms with Crippen LogP contribution in [0, 0.1) is 0 Å². The van der Waals surface area contributed by atoms with Crippen molar-refractivity contribution in [2.45, 2.75) is 13.2 Å². The van der Waals surface area contributed by atoms with Crippen LogP contribution < -0.4 is 5.73 Å². The number of benzene rings is 1. The van der Waals surface area contributed by atoms with Gasteiger partial charge in [-0.2, -0.15) is 0 Å².